The van der Waals surface area contributed by atoms with Crippen LogP contribution in [0, 0.1) is 5.92 Å². The molecule has 0 bridgehead atoms. The van der Waals surface area contributed by atoms with Crippen LogP contribution in [0.1, 0.15) is 26.7 Å². The van der Waals surface area contributed by atoms with Crippen molar-refractivity contribution in [3.63, 3.8) is 0 Å². The number of aliphatic carboxylic acids is 1. The third-order valence-corrected chi connectivity index (χ3v) is 2.97. The van der Waals surface area contributed by atoms with Crippen LogP contribution in [0.5, 0.6) is 0 Å². The van der Waals surface area contributed by atoms with E-state index in [-0.39, 0.29) is 24.8 Å². The predicted octanol–water partition coefficient (Wildman–Crippen LogP) is -0.409. The van der Waals surface area contributed by atoms with Gasteiger partial charge in [-0.1, -0.05) is 13.8 Å². The van der Waals surface area contributed by atoms with E-state index in [1.165, 1.54) is 0 Å². The highest BCUT2D eigenvalue weighted by Gasteiger charge is 2.23. The lowest BCUT2D eigenvalue weighted by Gasteiger charge is -2.26. The molecule has 0 heterocycles. The minimum atomic E-state index is -1.19. The van der Waals surface area contributed by atoms with E-state index in [4.69, 9.17) is 10.8 Å². The molecule has 0 aliphatic carbocycles. The van der Waals surface area contributed by atoms with Crippen LogP contribution < -0.4 is 16.4 Å². The van der Waals surface area contributed by atoms with Crippen molar-refractivity contribution in [2.75, 3.05) is 20.6 Å². The molecular formula is C13H26N4O4. The van der Waals surface area contributed by atoms with Crippen molar-refractivity contribution in [3.8, 4) is 0 Å². The molecule has 0 saturated heterocycles. The Morgan fingerprint density at radius 2 is 1.76 bits per heavy atom. The van der Waals surface area contributed by atoms with Crippen molar-refractivity contribution in [2.45, 2.75) is 38.8 Å². The second-order valence-electron chi connectivity index (χ2n) is 5.63. The normalized spacial score (nSPS) is 13.8. The standard InChI is InChI=1S/C13H26N4O4/c1-8(2)10(7-17(3)4)16-13(21)15-9(12(19)20)5-6-11(14)18/h8-10H,5-7H2,1-4H3,(H2,14,18)(H,19,20)(H2,15,16,21)/t9-,10?/m0/s1. The van der Waals surface area contributed by atoms with Crippen LogP contribution in [-0.4, -0.2) is 60.6 Å². The van der Waals surface area contributed by atoms with Crippen LogP contribution in [-0.2, 0) is 9.59 Å². The summed E-state index contributed by atoms with van der Waals surface area (Å²) in [4.78, 5) is 35.6. The zero-order chi connectivity index (χ0) is 16.6. The lowest BCUT2D eigenvalue weighted by Crippen LogP contribution is -2.52. The van der Waals surface area contributed by atoms with E-state index in [1.54, 1.807) is 0 Å². The SMILES string of the molecule is CC(C)C(CN(C)C)NC(=O)N[C@@H](CCC(N)=O)C(=O)O. The lowest BCUT2D eigenvalue weighted by molar-refractivity contribution is -0.139. The maximum atomic E-state index is 11.9. The van der Waals surface area contributed by atoms with E-state index in [2.05, 4.69) is 10.6 Å². The van der Waals surface area contributed by atoms with Crippen molar-refractivity contribution in [1.29, 1.82) is 0 Å². The van der Waals surface area contributed by atoms with Gasteiger partial charge in [0.2, 0.25) is 5.91 Å². The molecule has 0 aliphatic rings. The molecule has 3 amide bonds. The number of likely N-dealkylation sites (N-methyl/N-ethyl adjacent to an activating group) is 1. The fourth-order valence-electron chi connectivity index (χ4n) is 1.73. The maximum Gasteiger partial charge on any atom is 0.326 e. The first-order valence-corrected chi connectivity index (χ1v) is 6.86. The lowest BCUT2D eigenvalue weighted by atomic mass is 10.0. The number of nitrogens with one attached hydrogen (secondary N) is 2. The van der Waals surface area contributed by atoms with Crippen molar-refractivity contribution in [1.82, 2.24) is 15.5 Å². The van der Waals surface area contributed by atoms with Crippen LogP contribution in [0.2, 0.25) is 0 Å². The molecule has 0 spiro atoms. The van der Waals surface area contributed by atoms with Gasteiger partial charge in [-0.25, -0.2) is 9.59 Å². The number of hydrogen-bond donors (Lipinski definition) is 4. The molecule has 21 heavy (non-hydrogen) atoms. The molecule has 8 nitrogen and oxygen atoms in total. The third kappa shape index (κ3) is 8.85. The van der Waals surface area contributed by atoms with Gasteiger partial charge in [0.05, 0.1) is 0 Å². The summed E-state index contributed by atoms with van der Waals surface area (Å²) in [6.45, 7) is 4.58. The van der Waals surface area contributed by atoms with Crippen LogP contribution >= 0.6 is 0 Å². The zero-order valence-corrected chi connectivity index (χ0v) is 13.0. The van der Waals surface area contributed by atoms with Gasteiger partial charge in [0.15, 0.2) is 0 Å². The van der Waals surface area contributed by atoms with Gasteiger partial charge in [-0.05, 0) is 26.4 Å². The van der Waals surface area contributed by atoms with Gasteiger partial charge < -0.3 is 26.4 Å². The topological polar surface area (TPSA) is 125 Å². The summed E-state index contributed by atoms with van der Waals surface area (Å²) in [7, 11) is 3.78. The fraction of sp³-hybridized carbons (Fsp3) is 0.769. The van der Waals surface area contributed by atoms with E-state index in [9.17, 15) is 14.4 Å². The Bertz CT molecular complexity index is 371. The van der Waals surface area contributed by atoms with Gasteiger partial charge in [0, 0.05) is 19.0 Å². The summed E-state index contributed by atoms with van der Waals surface area (Å²) in [5.41, 5.74) is 4.98. The Hall–Kier alpha value is -1.83. The van der Waals surface area contributed by atoms with Gasteiger partial charge in [0.25, 0.3) is 0 Å². The first-order valence-electron chi connectivity index (χ1n) is 6.86. The molecule has 0 rings (SSSR count). The molecule has 1 unspecified atom stereocenters. The maximum absolute atomic E-state index is 11.9. The van der Waals surface area contributed by atoms with Crippen LogP contribution in [0.15, 0.2) is 0 Å². The van der Waals surface area contributed by atoms with E-state index in [1.807, 2.05) is 32.8 Å². The molecule has 5 N–H and O–H groups in total. The molecule has 8 heteroatoms. The van der Waals surface area contributed by atoms with Gasteiger partial charge in [-0.3, -0.25) is 4.79 Å². The summed E-state index contributed by atoms with van der Waals surface area (Å²) in [6, 6.07) is -1.80. The number of carboxylic acids is 1. The summed E-state index contributed by atoms with van der Waals surface area (Å²) < 4.78 is 0. The van der Waals surface area contributed by atoms with E-state index >= 15 is 0 Å². The van der Waals surface area contributed by atoms with Gasteiger partial charge in [0.1, 0.15) is 6.04 Å². The minimum absolute atomic E-state index is 0.0297. The monoisotopic (exact) mass is 302 g/mol. The first-order chi connectivity index (χ1) is 9.63. The second kappa shape index (κ2) is 9.17. The van der Waals surface area contributed by atoms with Crippen LogP contribution in [0.25, 0.3) is 0 Å². The smallest absolute Gasteiger partial charge is 0.326 e. The number of amides is 3. The quantitative estimate of drug-likeness (QED) is 0.461. The van der Waals surface area contributed by atoms with Crippen molar-refractivity contribution in [2.24, 2.45) is 11.7 Å². The predicted molar refractivity (Wildman–Crippen MR) is 78.7 cm³/mol. The highest BCUT2D eigenvalue weighted by molar-refractivity contribution is 5.83. The molecule has 122 valence electrons. The van der Waals surface area contributed by atoms with Crippen molar-refractivity contribution >= 4 is 17.9 Å². The number of nitrogens with two attached hydrogens (primary N) is 1. The van der Waals surface area contributed by atoms with Gasteiger partial charge in [-0.2, -0.15) is 0 Å². The number of carboxylic acid groups (broad SMARTS) is 1. The molecule has 2 atom stereocenters. The number of rotatable bonds is 9. The number of primary amides is 1. The minimum Gasteiger partial charge on any atom is -0.480 e. The third-order valence-electron chi connectivity index (χ3n) is 2.97. The number of carbonyl (C=O) groups is 3. The molecule has 0 aromatic rings. The average molecular weight is 302 g/mol. The Balaban J connectivity index is 4.52. The molecule has 0 aromatic heterocycles. The van der Waals surface area contributed by atoms with E-state index in [0.29, 0.717) is 6.54 Å². The summed E-state index contributed by atoms with van der Waals surface area (Å²) >= 11 is 0. The largest absolute Gasteiger partial charge is 0.480 e. The van der Waals surface area contributed by atoms with Gasteiger partial charge in [-0.15, -0.1) is 0 Å². The molecule has 0 aromatic carbocycles. The highest BCUT2D eigenvalue weighted by Crippen LogP contribution is 2.03. The van der Waals surface area contributed by atoms with Crippen molar-refractivity contribution < 1.29 is 19.5 Å². The highest BCUT2D eigenvalue weighted by atomic mass is 16.4. The second-order valence-corrected chi connectivity index (χ2v) is 5.63. The Morgan fingerprint density at radius 1 is 1.19 bits per heavy atom. The average Bonchev–Trinajstić information content (AvgIpc) is 2.32. The first kappa shape index (κ1) is 19.2. The zero-order valence-electron chi connectivity index (χ0n) is 13.0. The van der Waals surface area contributed by atoms with Crippen LogP contribution in [0.3, 0.4) is 0 Å². The molecule has 0 fully saturated rings. The molecule has 0 radical (unpaired) electrons. The summed E-state index contributed by atoms with van der Waals surface area (Å²) in [6.07, 6.45) is -0.124. The Labute approximate surface area is 125 Å². The van der Waals surface area contributed by atoms with Crippen LogP contribution in [0.4, 0.5) is 4.79 Å². The van der Waals surface area contributed by atoms with Crippen molar-refractivity contribution in [3.05, 3.63) is 0 Å². The number of urea groups is 1. The number of nitrogens with zero attached hydrogens (tertiary/aromatic N) is 1. The Kier molecular flexibility index (Phi) is 8.37. The van der Waals surface area contributed by atoms with E-state index in [0.717, 1.165) is 0 Å². The summed E-state index contributed by atoms with van der Waals surface area (Å²) in [5.74, 6) is -1.59. The number of carbonyl (C=O) groups excluding carboxylic acids is 2. The molecular weight excluding hydrogens is 276 g/mol. The molecule has 0 saturated carbocycles. The molecule has 0 aliphatic heterocycles. The fourth-order valence-corrected chi connectivity index (χ4v) is 1.73. The number of hydrogen-bond acceptors (Lipinski definition) is 4. The van der Waals surface area contributed by atoms with E-state index < -0.39 is 23.9 Å². The van der Waals surface area contributed by atoms with Gasteiger partial charge >= 0.3 is 12.0 Å². The Morgan fingerprint density at radius 3 is 2.14 bits per heavy atom. The summed E-state index contributed by atoms with van der Waals surface area (Å²) in [5, 5.41) is 14.1.